The Balaban J connectivity index is 2.39. The predicted octanol–water partition coefficient (Wildman–Crippen LogP) is 3.57. The first-order chi connectivity index (χ1) is 9.11. The number of hydrogen-bond acceptors (Lipinski definition) is 4. The molecule has 5 heteroatoms. The first-order valence-corrected chi connectivity index (χ1v) is 6.08. The van der Waals surface area contributed by atoms with E-state index < -0.39 is 0 Å². The van der Waals surface area contributed by atoms with Crippen molar-refractivity contribution in [3.63, 3.8) is 0 Å². The van der Waals surface area contributed by atoms with Gasteiger partial charge in [0, 0.05) is 13.1 Å². The zero-order valence-corrected chi connectivity index (χ0v) is 11.1. The Kier molecular flexibility index (Phi) is 3.94. The number of rotatable bonds is 4. The minimum atomic E-state index is -0.341. The highest BCUT2D eigenvalue weighted by Crippen LogP contribution is 2.32. The molecule has 0 atom stereocenters. The van der Waals surface area contributed by atoms with Crippen LogP contribution in [-0.4, -0.2) is 17.0 Å². The molecule has 1 aromatic heterocycles. The lowest BCUT2D eigenvalue weighted by molar-refractivity contribution is 0.447. The van der Waals surface area contributed by atoms with Gasteiger partial charge in [0.15, 0.2) is 0 Å². The second-order valence-electron chi connectivity index (χ2n) is 4.41. The molecule has 0 radical (unpaired) electrons. The number of nitrogens with zero attached hydrogens (tertiary/aromatic N) is 2. The predicted molar refractivity (Wildman–Crippen MR) is 72.1 cm³/mol. The summed E-state index contributed by atoms with van der Waals surface area (Å²) in [6, 6.07) is 5.98. The van der Waals surface area contributed by atoms with Gasteiger partial charge in [-0.1, -0.05) is 19.9 Å². The first-order valence-electron chi connectivity index (χ1n) is 6.08. The SMILES string of the molecule is CNc1ncnc(Oc2cccc(F)c2)c1C(C)C. The van der Waals surface area contributed by atoms with E-state index in [1.807, 2.05) is 13.8 Å². The second kappa shape index (κ2) is 5.65. The molecule has 0 saturated carbocycles. The van der Waals surface area contributed by atoms with Crippen molar-refractivity contribution in [2.45, 2.75) is 19.8 Å². The first kappa shape index (κ1) is 13.3. The van der Waals surface area contributed by atoms with Crippen LogP contribution in [-0.2, 0) is 0 Å². The summed E-state index contributed by atoms with van der Waals surface area (Å²) in [5.74, 6) is 1.43. The van der Waals surface area contributed by atoms with Gasteiger partial charge in [0.1, 0.15) is 23.7 Å². The Bertz CT molecular complexity index is 572. The summed E-state index contributed by atoms with van der Waals surface area (Å²) in [7, 11) is 1.79. The van der Waals surface area contributed by atoms with E-state index in [0.717, 1.165) is 11.4 Å². The van der Waals surface area contributed by atoms with Crippen LogP contribution in [0.3, 0.4) is 0 Å². The van der Waals surface area contributed by atoms with Crippen LogP contribution in [0, 0.1) is 5.82 Å². The van der Waals surface area contributed by atoms with Gasteiger partial charge >= 0.3 is 0 Å². The number of halogens is 1. The van der Waals surface area contributed by atoms with Crippen LogP contribution in [0.15, 0.2) is 30.6 Å². The smallest absolute Gasteiger partial charge is 0.227 e. The van der Waals surface area contributed by atoms with Crippen molar-refractivity contribution >= 4 is 5.82 Å². The fourth-order valence-corrected chi connectivity index (χ4v) is 1.82. The highest BCUT2D eigenvalue weighted by molar-refractivity contribution is 5.51. The highest BCUT2D eigenvalue weighted by Gasteiger charge is 2.16. The fraction of sp³-hybridized carbons (Fsp3) is 0.286. The van der Waals surface area contributed by atoms with Gasteiger partial charge in [-0.15, -0.1) is 0 Å². The molecule has 19 heavy (non-hydrogen) atoms. The Hall–Kier alpha value is -2.17. The highest BCUT2D eigenvalue weighted by atomic mass is 19.1. The monoisotopic (exact) mass is 261 g/mol. The molecule has 1 heterocycles. The van der Waals surface area contributed by atoms with Gasteiger partial charge in [-0.3, -0.25) is 0 Å². The third kappa shape index (κ3) is 2.99. The molecule has 0 fully saturated rings. The molecule has 1 N–H and O–H groups in total. The third-order valence-corrected chi connectivity index (χ3v) is 2.67. The van der Waals surface area contributed by atoms with Gasteiger partial charge in [-0.05, 0) is 18.1 Å². The largest absolute Gasteiger partial charge is 0.438 e. The minimum Gasteiger partial charge on any atom is -0.438 e. The average molecular weight is 261 g/mol. The van der Waals surface area contributed by atoms with Crippen LogP contribution in [0.1, 0.15) is 25.3 Å². The number of nitrogens with one attached hydrogen (secondary N) is 1. The number of anilines is 1. The summed E-state index contributed by atoms with van der Waals surface area (Å²) in [6.45, 7) is 4.05. The lowest BCUT2D eigenvalue weighted by atomic mass is 10.1. The summed E-state index contributed by atoms with van der Waals surface area (Å²) < 4.78 is 18.8. The maximum Gasteiger partial charge on any atom is 0.227 e. The van der Waals surface area contributed by atoms with Gasteiger partial charge < -0.3 is 10.1 Å². The summed E-state index contributed by atoms with van der Waals surface area (Å²) >= 11 is 0. The topological polar surface area (TPSA) is 47.0 Å². The van der Waals surface area contributed by atoms with Crippen LogP contribution >= 0.6 is 0 Å². The summed E-state index contributed by atoms with van der Waals surface area (Å²) in [5.41, 5.74) is 0.870. The molecule has 2 rings (SSSR count). The van der Waals surface area contributed by atoms with Crippen LogP contribution in [0.25, 0.3) is 0 Å². The van der Waals surface area contributed by atoms with Crippen molar-refractivity contribution in [3.05, 3.63) is 42.0 Å². The van der Waals surface area contributed by atoms with Crippen LogP contribution in [0.5, 0.6) is 11.6 Å². The molecule has 0 aliphatic carbocycles. The minimum absolute atomic E-state index is 0.187. The Morgan fingerprint density at radius 1 is 1.26 bits per heavy atom. The molecule has 0 bridgehead atoms. The van der Waals surface area contributed by atoms with Crippen LogP contribution in [0.4, 0.5) is 10.2 Å². The zero-order chi connectivity index (χ0) is 13.8. The molecule has 0 saturated heterocycles. The second-order valence-corrected chi connectivity index (χ2v) is 4.41. The Morgan fingerprint density at radius 3 is 2.68 bits per heavy atom. The van der Waals surface area contributed by atoms with Crippen LogP contribution in [0.2, 0.25) is 0 Å². The molecule has 1 aromatic carbocycles. The summed E-state index contributed by atoms with van der Waals surface area (Å²) in [5, 5.41) is 3.01. The summed E-state index contributed by atoms with van der Waals surface area (Å²) in [4.78, 5) is 8.30. The van der Waals surface area contributed by atoms with E-state index in [4.69, 9.17) is 4.74 Å². The van der Waals surface area contributed by atoms with Crippen molar-refractivity contribution < 1.29 is 9.13 Å². The van der Waals surface area contributed by atoms with Crippen molar-refractivity contribution in [2.75, 3.05) is 12.4 Å². The van der Waals surface area contributed by atoms with Gasteiger partial charge in [0.2, 0.25) is 5.88 Å². The molecule has 2 aromatic rings. The van der Waals surface area contributed by atoms with E-state index in [2.05, 4.69) is 15.3 Å². The molecule has 0 amide bonds. The van der Waals surface area contributed by atoms with E-state index in [-0.39, 0.29) is 11.7 Å². The van der Waals surface area contributed by atoms with Gasteiger partial charge in [-0.25, -0.2) is 14.4 Å². The molecular weight excluding hydrogens is 245 g/mol. The normalized spacial score (nSPS) is 10.6. The zero-order valence-electron chi connectivity index (χ0n) is 11.1. The lowest BCUT2D eigenvalue weighted by Gasteiger charge is -2.15. The Labute approximate surface area is 111 Å². The molecule has 0 aliphatic rings. The molecule has 4 nitrogen and oxygen atoms in total. The van der Waals surface area contributed by atoms with E-state index >= 15 is 0 Å². The van der Waals surface area contributed by atoms with E-state index in [1.54, 1.807) is 19.2 Å². The van der Waals surface area contributed by atoms with Crippen LogP contribution < -0.4 is 10.1 Å². The molecule has 100 valence electrons. The molecule has 0 spiro atoms. The van der Waals surface area contributed by atoms with Gasteiger partial charge in [-0.2, -0.15) is 0 Å². The lowest BCUT2D eigenvalue weighted by Crippen LogP contribution is -2.04. The maximum atomic E-state index is 13.1. The number of aromatic nitrogens is 2. The van der Waals surface area contributed by atoms with Crippen molar-refractivity contribution in [3.8, 4) is 11.6 Å². The maximum absolute atomic E-state index is 13.1. The molecule has 0 aliphatic heterocycles. The molecule has 0 unspecified atom stereocenters. The average Bonchev–Trinajstić information content (AvgIpc) is 2.38. The van der Waals surface area contributed by atoms with E-state index in [0.29, 0.717) is 11.6 Å². The number of ether oxygens (including phenoxy) is 1. The third-order valence-electron chi connectivity index (χ3n) is 2.67. The van der Waals surface area contributed by atoms with Gasteiger partial charge in [0.05, 0.1) is 5.56 Å². The Morgan fingerprint density at radius 2 is 2.05 bits per heavy atom. The van der Waals surface area contributed by atoms with Crippen molar-refractivity contribution in [2.24, 2.45) is 0 Å². The number of hydrogen-bond donors (Lipinski definition) is 1. The molecular formula is C14H16FN3O. The fourth-order valence-electron chi connectivity index (χ4n) is 1.82. The standard InChI is InChI=1S/C14H16FN3O/c1-9(2)12-13(16-3)17-8-18-14(12)19-11-6-4-5-10(15)7-11/h4-9H,1-3H3,(H,16,17,18). The van der Waals surface area contributed by atoms with E-state index in [1.165, 1.54) is 18.5 Å². The van der Waals surface area contributed by atoms with Crippen molar-refractivity contribution in [1.29, 1.82) is 0 Å². The number of benzene rings is 1. The van der Waals surface area contributed by atoms with E-state index in [9.17, 15) is 4.39 Å². The van der Waals surface area contributed by atoms with Crippen molar-refractivity contribution in [1.82, 2.24) is 9.97 Å². The quantitative estimate of drug-likeness (QED) is 0.914. The summed E-state index contributed by atoms with van der Waals surface area (Å²) in [6.07, 6.45) is 1.42. The van der Waals surface area contributed by atoms with Gasteiger partial charge in [0.25, 0.3) is 0 Å².